The highest BCUT2D eigenvalue weighted by atomic mass is 19.1. The molecule has 0 bridgehead atoms. The summed E-state index contributed by atoms with van der Waals surface area (Å²) in [5.74, 6) is 0.337. The molecule has 2 aromatic carbocycles. The minimum absolute atomic E-state index is 0.127. The van der Waals surface area contributed by atoms with Crippen LogP contribution in [0.15, 0.2) is 64.8 Å². The molecule has 8 nitrogen and oxygen atoms in total. The highest BCUT2D eigenvalue weighted by Crippen LogP contribution is 2.35. The Morgan fingerprint density at radius 1 is 0.906 bits per heavy atom. The van der Waals surface area contributed by atoms with Crippen molar-refractivity contribution in [1.82, 2.24) is 19.7 Å². The molecule has 1 aliphatic rings. The SMILES string of the molecule is Nc1nc(-c2nn(Cc3ccccc3F)c3c2CCC3)nc(N)c1/N=N/c1ccccc1. The summed E-state index contributed by atoms with van der Waals surface area (Å²) in [4.78, 5) is 8.83. The predicted molar refractivity (Wildman–Crippen MR) is 120 cm³/mol. The van der Waals surface area contributed by atoms with E-state index in [1.165, 1.54) is 6.07 Å². The topological polar surface area (TPSA) is 120 Å². The Balaban J connectivity index is 1.50. The summed E-state index contributed by atoms with van der Waals surface area (Å²) in [6.07, 6.45) is 2.71. The summed E-state index contributed by atoms with van der Waals surface area (Å²) in [5.41, 5.74) is 16.5. The van der Waals surface area contributed by atoms with Gasteiger partial charge in [-0.2, -0.15) is 10.2 Å². The molecular formula is C23H21FN8. The number of azo groups is 1. The van der Waals surface area contributed by atoms with Crippen LogP contribution in [-0.2, 0) is 19.4 Å². The molecule has 1 aliphatic carbocycles. The summed E-state index contributed by atoms with van der Waals surface area (Å²) < 4.78 is 16.0. The number of nitrogens with two attached hydrogens (primary N) is 2. The van der Waals surface area contributed by atoms with E-state index < -0.39 is 0 Å². The summed E-state index contributed by atoms with van der Waals surface area (Å²) in [6.45, 7) is 0.337. The lowest BCUT2D eigenvalue weighted by Gasteiger charge is -2.07. The van der Waals surface area contributed by atoms with Crippen molar-refractivity contribution in [3.8, 4) is 11.5 Å². The zero-order chi connectivity index (χ0) is 22.1. The molecule has 0 radical (unpaired) electrons. The van der Waals surface area contributed by atoms with E-state index in [0.29, 0.717) is 29.3 Å². The zero-order valence-corrected chi connectivity index (χ0v) is 17.2. The van der Waals surface area contributed by atoms with Crippen molar-refractivity contribution >= 4 is 23.0 Å². The number of halogens is 1. The summed E-state index contributed by atoms with van der Waals surface area (Å²) in [5, 5.41) is 13.0. The number of aromatic nitrogens is 4. The lowest BCUT2D eigenvalue weighted by Crippen LogP contribution is -2.07. The van der Waals surface area contributed by atoms with Gasteiger partial charge in [0.05, 0.1) is 12.2 Å². The fourth-order valence-electron chi connectivity index (χ4n) is 3.91. The molecule has 4 aromatic rings. The lowest BCUT2D eigenvalue weighted by molar-refractivity contribution is 0.576. The Morgan fingerprint density at radius 2 is 1.62 bits per heavy atom. The van der Waals surface area contributed by atoms with Crippen molar-refractivity contribution in [3.63, 3.8) is 0 Å². The summed E-state index contributed by atoms with van der Waals surface area (Å²) >= 11 is 0. The number of nitrogen functional groups attached to an aromatic ring is 2. The van der Waals surface area contributed by atoms with E-state index >= 15 is 0 Å². The second kappa shape index (κ2) is 8.18. The Hall–Kier alpha value is -4.14. The quantitative estimate of drug-likeness (QED) is 0.450. The molecule has 4 N–H and O–H groups in total. The van der Waals surface area contributed by atoms with Crippen molar-refractivity contribution in [2.45, 2.75) is 25.8 Å². The highest BCUT2D eigenvalue weighted by Gasteiger charge is 2.26. The van der Waals surface area contributed by atoms with E-state index in [-0.39, 0.29) is 23.1 Å². The van der Waals surface area contributed by atoms with Crippen molar-refractivity contribution < 1.29 is 4.39 Å². The first-order chi connectivity index (χ1) is 15.6. The first-order valence-corrected chi connectivity index (χ1v) is 10.3. The molecule has 0 saturated heterocycles. The van der Waals surface area contributed by atoms with Crippen LogP contribution in [0.3, 0.4) is 0 Å². The predicted octanol–water partition coefficient (Wildman–Crippen LogP) is 4.60. The normalized spacial score (nSPS) is 13.0. The Labute approximate surface area is 183 Å². The Morgan fingerprint density at radius 3 is 2.38 bits per heavy atom. The molecule has 160 valence electrons. The van der Waals surface area contributed by atoms with E-state index in [0.717, 1.165) is 30.5 Å². The van der Waals surface area contributed by atoms with Gasteiger partial charge in [-0.05, 0) is 37.5 Å². The molecule has 5 rings (SSSR count). The molecule has 0 aliphatic heterocycles. The summed E-state index contributed by atoms with van der Waals surface area (Å²) in [6, 6.07) is 15.9. The van der Waals surface area contributed by atoms with Gasteiger partial charge in [-0.1, -0.05) is 36.4 Å². The first-order valence-electron chi connectivity index (χ1n) is 10.3. The number of benzene rings is 2. The van der Waals surface area contributed by atoms with E-state index in [9.17, 15) is 4.39 Å². The van der Waals surface area contributed by atoms with Crippen LogP contribution in [-0.4, -0.2) is 19.7 Å². The Bertz CT molecular complexity index is 1290. The van der Waals surface area contributed by atoms with Crippen molar-refractivity contribution in [3.05, 3.63) is 77.2 Å². The van der Waals surface area contributed by atoms with Crippen LogP contribution < -0.4 is 11.5 Å². The minimum Gasteiger partial charge on any atom is -0.382 e. The van der Waals surface area contributed by atoms with Crippen LogP contribution >= 0.6 is 0 Å². The van der Waals surface area contributed by atoms with Crippen LogP contribution in [0, 0.1) is 5.82 Å². The number of nitrogens with zero attached hydrogens (tertiary/aromatic N) is 6. The fraction of sp³-hybridized carbons (Fsp3) is 0.174. The zero-order valence-electron chi connectivity index (χ0n) is 17.2. The summed E-state index contributed by atoms with van der Waals surface area (Å²) in [7, 11) is 0. The number of hydrogen-bond acceptors (Lipinski definition) is 7. The Kier molecular flexibility index (Phi) is 5.06. The number of rotatable bonds is 5. The molecular weight excluding hydrogens is 407 g/mol. The van der Waals surface area contributed by atoms with Gasteiger partial charge >= 0.3 is 0 Å². The van der Waals surface area contributed by atoms with Crippen molar-refractivity contribution in [2.24, 2.45) is 10.2 Å². The van der Waals surface area contributed by atoms with Gasteiger partial charge < -0.3 is 11.5 Å². The van der Waals surface area contributed by atoms with Crippen LogP contribution in [0.25, 0.3) is 11.5 Å². The second-order valence-corrected chi connectivity index (χ2v) is 7.58. The van der Waals surface area contributed by atoms with Gasteiger partial charge in [0, 0.05) is 16.8 Å². The molecule has 0 atom stereocenters. The van der Waals surface area contributed by atoms with Crippen LogP contribution in [0.5, 0.6) is 0 Å². The van der Waals surface area contributed by atoms with Gasteiger partial charge in [-0.15, -0.1) is 5.11 Å². The number of anilines is 2. The number of fused-ring (bicyclic) bond motifs is 1. The average Bonchev–Trinajstić information content (AvgIpc) is 3.39. The van der Waals surface area contributed by atoms with E-state index in [2.05, 4.69) is 20.2 Å². The average molecular weight is 428 g/mol. The second-order valence-electron chi connectivity index (χ2n) is 7.58. The lowest BCUT2D eigenvalue weighted by atomic mass is 10.2. The van der Waals surface area contributed by atoms with Crippen molar-refractivity contribution in [1.29, 1.82) is 0 Å². The van der Waals surface area contributed by atoms with Crippen LogP contribution in [0.1, 0.15) is 23.2 Å². The standard InChI is InChI=1S/C23H21FN8/c24-17-11-5-4-7-14(17)13-32-18-12-6-10-16(18)19(31-32)23-27-21(25)20(22(26)28-23)30-29-15-8-2-1-3-9-15/h1-5,7-9,11H,6,10,12-13H2,(H4,25,26,27,28)/b30-29+. The largest absolute Gasteiger partial charge is 0.382 e. The van der Waals surface area contributed by atoms with E-state index in [1.54, 1.807) is 12.1 Å². The van der Waals surface area contributed by atoms with E-state index in [4.69, 9.17) is 16.6 Å². The molecule has 32 heavy (non-hydrogen) atoms. The van der Waals surface area contributed by atoms with Gasteiger partial charge in [0.25, 0.3) is 0 Å². The smallest absolute Gasteiger partial charge is 0.184 e. The third kappa shape index (κ3) is 3.68. The third-order valence-electron chi connectivity index (χ3n) is 5.46. The van der Waals surface area contributed by atoms with Gasteiger partial charge in [-0.25, -0.2) is 14.4 Å². The maximum Gasteiger partial charge on any atom is 0.184 e. The van der Waals surface area contributed by atoms with Gasteiger partial charge in [0.2, 0.25) is 0 Å². The molecule has 2 heterocycles. The van der Waals surface area contributed by atoms with Crippen LogP contribution in [0.2, 0.25) is 0 Å². The van der Waals surface area contributed by atoms with Crippen molar-refractivity contribution in [2.75, 3.05) is 11.5 Å². The molecule has 0 fully saturated rings. The molecule has 0 saturated carbocycles. The van der Waals surface area contributed by atoms with Gasteiger partial charge in [-0.3, -0.25) is 4.68 Å². The first kappa shape index (κ1) is 19.8. The molecule has 9 heteroatoms. The third-order valence-corrected chi connectivity index (χ3v) is 5.46. The minimum atomic E-state index is -0.255. The molecule has 0 amide bonds. The maximum atomic E-state index is 14.2. The highest BCUT2D eigenvalue weighted by molar-refractivity contribution is 5.74. The van der Waals surface area contributed by atoms with Gasteiger partial charge in [0.15, 0.2) is 23.1 Å². The monoisotopic (exact) mass is 428 g/mol. The molecule has 0 unspecified atom stereocenters. The fourth-order valence-corrected chi connectivity index (χ4v) is 3.91. The molecule has 0 spiro atoms. The maximum absolute atomic E-state index is 14.2. The molecule has 2 aromatic heterocycles. The number of hydrogen-bond donors (Lipinski definition) is 2. The van der Waals surface area contributed by atoms with E-state index in [1.807, 2.05) is 41.1 Å². The van der Waals surface area contributed by atoms with Crippen LogP contribution in [0.4, 0.5) is 27.4 Å². The van der Waals surface area contributed by atoms with Gasteiger partial charge in [0.1, 0.15) is 11.5 Å².